The van der Waals surface area contributed by atoms with Gasteiger partial charge < -0.3 is 11.5 Å². The Kier molecular flexibility index (Phi) is 3.59. The molecule has 0 aromatic heterocycles. The molecule has 0 atom stereocenters. The number of rotatable bonds is 3. The summed E-state index contributed by atoms with van der Waals surface area (Å²) in [5.74, 6) is 1.03. The molecule has 0 heterocycles. The van der Waals surface area contributed by atoms with Gasteiger partial charge in [0.25, 0.3) is 0 Å². The van der Waals surface area contributed by atoms with Gasteiger partial charge in [-0.2, -0.15) is 0 Å². The third-order valence-electron chi connectivity index (χ3n) is 2.53. The summed E-state index contributed by atoms with van der Waals surface area (Å²) in [6.45, 7) is 2.14. The Morgan fingerprint density at radius 3 is 2.53 bits per heavy atom. The zero-order valence-electron chi connectivity index (χ0n) is 9.81. The van der Waals surface area contributed by atoms with Crippen molar-refractivity contribution in [3.05, 3.63) is 42.5 Å². The van der Waals surface area contributed by atoms with E-state index in [9.17, 15) is 0 Å². The van der Waals surface area contributed by atoms with Gasteiger partial charge in [0.2, 0.25) is 0 Å². The van der Waals surface area contributed by atoms with Crippen molar-refractivity contribution >= 4 is 23.1 Å². The normalized spacial score (nSPS) is 10.4. The van der Waals surface area contributed by atoms with Gasteiger partial charge in [0, 0.05) is 21.8 Å². The van der Waals surface area contributed by atoms with E-state index in [2.05, 4.69) is 13.0 Å². The van der Waals surface area contributed by atoms with E-state index in [1.807, 2.05) is 36.4 Å². The molecule has 0 bridgehead atoms. The van der Waals surface area contributed by atoms with E-state index in [0.717, 1.165) is 28.3 Å². The molecule has 0 amide bonds. The number of nitrogens with two attached hydrogens (primary N) is 2. The Bertz CT molecular complexity index is 523. The molecule has 4 N–H and O–H groups in total. The maximum absolute atomic E-state index is 6.08. The smallest absolute Gasteiger partial charge is 0.0405 e. The molecular formula is C14H16N2S. The predicted molar refractivity (Wildman–Crippen MR) is 77.1 cm³/mol. The summed E-state index contributed by atoms with van der Waals surface area (Å²) in [5, 5.41) is 0. The molecule has 0 radical (unpaired) electrons. The zero-order chi connectivity index (χ0) is 12.3. The van der Waals surface area contributed by atoms with Gasteiger partial charge in [0.15, 0.2) is 0 Å². The molecule has 17 heavy (non-hydrogen) atoms. The van der Waals surface area contributed by atoms with E-state index in [-0.39, 0.29) is 0 Å². The third kappa shape index (κ3) is 2.56. The van der Waals surface area contributed by atoms with Crippen LogP contribution in [0, 0.1) is 0 Å². The van der Waals surface area contributed by atoms with Gasteiger partial charge in [0.1, 0.15) is 0 Å². The van der Waals surface area contributed by atoms with Crippen molar-refractivity contribution in [3.63, 3.8) is 0 Å². The van der Waals surface area contributed by atoms with E-state index in [4.69, 9.17) is 11.5 Å². The summed E-state index contributed by atoms with van der Waals surface area (Å²) < 4.78 is 0. The molecule has 2 aromatic carbocycles. The Labute approximate surface area is 106 Å². The van der Waals surface area contributed by atoms with Gasteiger partial charge in [-0.3, -0.25) is 0 Å². The van der Waals surface area contributed by atoms with E-state index >= 15 is 0 Å². The van der Waals surface area contributed by atoms with E-state index in [1.54, 1.807) is 11.8 Å². The van der Waals surface area contributed by atoms with Crippen LogP contribution in [0.25, 0.3) is 11.1 Å². The maximum Gasteiger partial charge on any atom is 0.0405 e. The summed E-state index contributed by atoms with van der Waals surface area (Å²) in [4.78, 5) is 1.21. The minimum absolute atomic E-state index is 0.762. The standard InChI is InChI=1S/C14H16N2S/c1-2-17-13-8-4-7-12(16)14(13)10-5-3-6-11(15)9-10/h3-9H,2,15-16H2,1H3. The molecule has 2 aromatic rings. The molecule has 3 heteroatoms. The minimum atomic E-state index is 0.762. The second-order valence-corrected chi connectivity index (χ2v) is 5.08. The molecule has 0 fully saturated rings. The average molecular weight is 244 g/mol. The van der Waals surface area contributed by atoms with E-state index < -0.39 is 0 Å². The first-order valence-electron chi connectivity index (χ1n) is 5.59. The molecule has 0 saturated heterocycles. The Morgan fingerprint density at radius 1 is 1.06 bits per heavy atom. The van der Waals surface area contributed by atoms with Crippen molar-refractivity contribution < 1.29 is 0 Å². The maximum atomic E-state index is 6.08. The fraction of sp³-hybridized carbons (Fsp3) is 0.143. The number of thioether (sulfide) groups is 1. The number of hydrogen-bond donors (Lipinski definition) is 2. The zero-order valence-corrected chi connectivity index (χ0v) is 10.6. The van der Waals surface area contributed by atoms with E-state index in [0.29, 0.717) is 0 Å². The van der Waals surface area contributed by atoms with Crippen LogP contribution in [0.4, 0.5) is 11.4 Å². The number of benzene rings is 2. The van der Waals surface area contributed by atoms with Gasteiger partial charge in [-0.25, -0.2) is 0 Å². The summed E-state index contributed by atoms with van der Waals surface area (Å²) in [7, 11) is 0. The molecule has 0 aliphatic rings. The quantitative estimate of drug-likeness (QED) is 0.640. The first kappa shape index (κ1) is 11.9. The lowest BCUT2D eigenvalue weighted by Crippen LogP contribution is -1.93. The van der Waals surface area contributed by atoms with Crippen LogP contribution in [0.3, 0.4) is 0 Å². The molecular weight excluding hydrogens is 228 g/mol. The number of nitrogen functional groups attached to an aromatic ring is 2. The second kappa shape index (κ2) is 5.15. The van der Waals surface area contributed by atoms with Crippen molar-refractivity contribution in [3.8, 4) is 11.1 Å². The first-order chi connectivity index (χ1) is 8.22. The van der Waals surface area contributed by atoms with Gasteiger partial charge in [0.05, 0.1) is 0 Å². The van der Waals surface area contributed by atoms with Gasteiger partial charge in [-0.05, 0) is 35.6 Å². The second-order valence-electron chi connectivity index (χ2n) is 3.78. The van der Waals surface area contributed by atoms with Crippen molar-refractivity contribution in [2.24, 2.45) is 0 Å². The van der Waals surface area contributed by atoms with Gasteiger partial charge in [-0.15, -0.1) is 11.8 Å². The molecule has 0 unspecified atom stereocenters. The average Bonchev–Trinajstić information content (AvgIpc) is 2.29. The number of hydrogen-bond acceptors (Lipinski definition) is 3. The highest BCUT2D eigenvalue weighted by atomic mass is 32.2. The Hall–Kier alpha value is -1.61. The first-order valence-corrected chi connectivity index (χ1v) is 6.58. The summed E-state index contributed by atoms with van der Waals surface area (Å²) >= 11 is 1.80. The molecule has 88 valence electrons. The van der Waals surface area contributed by atoms with Crippen LogP contribution in [0.15, 0.2) is 47.4 Å². The molecule has 0 aliphatic carbocycles. The lowest BCUT2D eigenvalue weighted by Gasteiger charge is -2.12. The topological polar surface area (TPSA) is 52.0 Å². The lowest BCUT2D eigenvalue weighted by atomic mass is 10.0. The predicted octanol–water partition coefficient (Wildman–Crippen LogP) is 3.63. The molecule has 2 nitrogen and oxygen atoms in total. The third-order valence-corrected chi connectivity index (χ3v) is 3.47. The van der Waals surface area contributed by atoms with Crippen molar-refractivity contribution in [2.45, 2.75) is 11.8 Å². The summed E-state index contributed by atoms with van der Waals surface area (Å²) in [6, 6.07) is 13.9. The molecule has 0 aliphatic heterocycles. The lowest BCUT2D eigenvalue weighted by molar-refractivity contribution is 1.42. The Morgan fingerprint density at radius 2 is 1.82 bits per heavy atom. The van der Waals surface area contributed by atoms with Crippen LogP contribution in [-0.4, -0.2) is 5.75 Å². The summed E-state index contributed by atoms with van der Waals surface area (Å²) in [6.07, 6.45) is 0. The molecule has 2 rings (SSSR count). The van der Waals surface area contributed by atoms with Crippen molar-refractivity contribution in [1.82, 2.24) is 0 Å². The van der Waals surface area contributed by atoms with E-state index in [1.165, 1.54) is 4.90 Å². The van der Waals surface area contributed by atoms with Crippen LogP contribution < -0.4 is 11.5 Å². The van der Waals surface area contributed by atoms with Crippen LogP contribution >= 0.6 is 11.8 Å². The SMILES string of the molecule is CCSc1cccc(N)c1-c1cccc(N)c1. The van der Waals surface area contributed by atoms with Crippen LogP contribution in [0.5, 0.6) is 0 Å². The monoisotopic (exact) mass is 244 g/mol. The Balaban J connectivity index is 2.57. The van der Waals surface area contributed by atoms with Gasteiger partial charge in [-0.1, -0.05) is 25.1 Å². The van der Waals surface area contributed by atoms with Crippen molar-refractivity contribution in [2.75, 3.05) is 17.2 Å². The highest BCUT2D eigenvalue weighted by Gasteiger charge is 2.08. The number of anilines is 2. The van der Waals surface area contributed by atoms with Crippen LogP contribution in [0.2, 0.25) is 0 Å². The fourth-order valence-electron chi connectivity index (χ4n) is 1.83. The van der Waals surface area contributed by atoms with Crippen molar-refractivity contribution in [1.29, 1.82) is 0 Å². The highest BCUT2D eigenvalue weighted by molar-refractivity contribution is 7.99. The molecule has 0 saturated carbocycles. The minimum Gasteiger partial charge on any atom is -0.399 e. The van der Waals surface area contributed by atoms with Crippen LogP contribution in [0.1, 0.15) is 6.92 Å². The highest BCUT2D eigenvalue weighted by Crippen LogP contribution is 2.36. The van der Waals surface area contributed by atoms with Crippen LogP contribution in [-0.2, 0) is 0 Å². The largest absolute Gasteiger partial charge is 0.399 e. The molecule has 0 spiro atoms. The van der Waals surface area contributed by atoms with Gasteiger partial charge >= 0.3 is 0 Å². The fourth-order valence-corrected chi connectivity index (χ4v) is 2.69. The summed E-state index contributed by atoms with van der Waals surface area (Å²) in [5.41, 5.74) is 15.6.